The van der Waals surface area contributed by atoms with Gasteiger partial charge in [-0.15, -0.1) is 0 Å². The van der Waals surface area contributed by atoms with Gasteiger partial charge in [-0.2, -0.15) is 0 Å². The van der Waals surface area contributed by atoms with Crippen molar-refractivity contribution < 1.29 is 0 Å². The number of halogens is 1. The van der Waals surface area contributed by atoms with E-state index in [0.717, 1.165) is 17.4 Å². The molecule has 2 N–H and O–H groups in total. The summed E-state index contributed by atoms with van der Waals surface area (Å²) in [7, 11) is 0. The van der Waals surface area contributed by atoms with Gasteiger partial charge in [0.25, 0.3) is 0 Å². The minimum absolute atomic E-state index is 0.552. The molecule has 1 atom stereocenters. The molecule has 0 heterocycles. The third-order valence-electron chi connectivity index (χ3n) is 3.45. The summed E-state index contributed by atoms with van der Waals surface area (Å²) >= 11 is 3.57. The Kier molecular flexibility index (Phi) is 6.72. The van der Waals surface area contributed by atoms with E-state index in [1.54, 1.807) is 0 Å². The zero-order valence-corrected chi connectivity index (χ0v) is 13.3. The SMILES string of the molecule is CCCCN(c1cc(Br)ccc1CN)C(C)CC. The van der Waals surface area contributed by atoms with Gasteiger partial charge in [0.2, 0.25) is 0 Å². The van der Waals surface area contributed by atoms with Crippen molar-refractivity contribution in [1.29, 1.82) is 0 Å². The highest BCUT2D eigenvalue weighted by Crippen LogP contribution is 2.27. The van der Waals surface area contributed by atoms with Crippen LogP contribution in [0.5, 0.6) is 0 Å². The molecule has 1 unspecified atom stereocenters. The highest BCUT2D eigenvalue weighted by molar-refractivity contribution is 9.10. The first kappa shape index (κ1) is 15.5. The Hall–Kier alpha value is -0.540. The first-order chi connectivity index (χ1) is 8.63. The number of rotatable bonds is 7. The van der Waals surface area contributed by atoms with Gasteiger partial charge in [0.1, 0.15) is 0 Å². The maximum Gasteiger partial charge on any atom is 0.0425 e. The zero-order chi connectivity index (χ0) is 13.5. The van der Waals surface area contributed by atoms with Crippen LogP contribution < -0.4 is 10.6 Å². The number of hydrogen-bond donors (Lipinski definition) is 1. The molecule has 1 aromatic rings. The number of nitrogens with two attached hydrogens (primary N) is 1. The number of anilines is 1. The number of benzene rings is 1. The summed E-state index contributed by atoms with van der Waals surface area (Å²) in [6, 6.07) is 6.95. The predicted molar refractivity (Wildman–Crippen MR) is 84.0 cm³/mol. The van der Waals surface area contributed by atoms with E-state index in [2.05, 4.69) is 59.8 Å². The normalized spacial score (nSPS) is 12.5. The summed E-state index contributed by atoms with van der Waals surface area (Å²) in [5.74, 6) is 0. The molecule has 18 heavy (non-hydrogen) atoms. The highest BCUT2D eigenvalue weighted by Gasteiger charge is 2.15. The molecule has 0 fully saturated rings. The Balaban J connectivity index is 3.05. The van der Waals surface area contributed by atoms with Gasteiger partial charge in [0, 0.05) is 29.3 Å². The smallest absolute Gasteiger partial charge is 0.0425 e. The molecule has 0 aliphatic heterocycles. The van der Waals surface area contributed by atoms with Gasteiger partial charge < -0.3 is 10.6 Å². The highest BCUT2D eigenvalue weighted by atomic mass is 79.9. The molecule has 0 spiro atoms. The summed E-state index contributed by atoms with van der Waals surface area (Å²) < 4.78 is 1.12. The minimum atomic E-state index is 0.552. The van der Waals surface area contributed by atoms with Crippen molar-refractivity contribution in [2.24, 2.45) is 5.73 Å². The van der Waals surface area contributed by atoms with Crippen LogP contribution in [0.3, 0.4) is 0 Å². The average molecular weight is 313 g/mol. The van der Waals surface area contributed by atoms with E-state index in [-0.39, 0.29) is 0 Å². The van der Waals surface area contributed by atoms with E-state index < -0.39 is 0 Å². The van der Waals surface area contributed by atoms with Crippen LogP contribution in [0.2, 0.25) is 0 Å². The Bertz CT molecular complexity index is 366. The second-order valence-electron chi connectivity index (χ2n) is 4.78. The van der Waals surface area contributed by atoms with Gasteiger partial charge in [-0.3, -0.25) is 0 Å². The van der Waals surface area contributed by atoms with Crippen LogP contribution in [-0.4, -0.2) is 12.6 Å². The van der Waals surface area contributed by atoms with E-state index in [0.29, 0.717) is 12.6 Å². The van der Waals surface area contributed by atoms with Crippen LogP contribution in [0.15, 0.2) is 22.7 Å². The molecule has 102 valence electrons. The summed E-state index contributed by atoms with van der Waals surface area (Å²) in [5, 5.41) is 0. The maximum absolute atomic E-state index is 5.87. The fraction of sp³-hybridized carbons (Fsp3) is 0.600. The van der Waals surface area contributed by atoms with Crippen molar-refractivity contribution in [2.75, 3.05) is 11.4 Å². The molecule has 1 rings (SSSR count). The lowest BCUT2D eigenvalue weighted by Gasteiger charge is -2.32. The molecule has 3 heteroatoms. The second kappa shape index (κ2) is 7.80. The van der Waals surface area contributed by atoms with Crippen LogP contribution in [0.4, 0.5) is 5.69 Å². The number of nitrogens with zero attached hydrogens (tertiary/aromatic N) is 1. The minimum Gasteiger partial charge on any atom is -0.369 e. The zero-order valence-electron chi connectivity index (χ0n) is 11.7. The van der Waals surface area contributed by atoms with Crippen LogP contribution >= 0.6 is 15.9 Å². The predicted octanol–water partition coefficient (Wildman–Crippen LogP) is 4.31. The van der Waals surface area contributed by atoms with E-state index in [1.807, 2.05) is 0 Å². The van der Waals surface area contributed by atoms with E-state index >= 15 is 0 Å². The Morgan fingerprint density at radius 2 is 2.06 bits per heavy atom. The molecule has 0 aliphatic rings. The van der Waals surface area contributed by atoms with E-state index in [1.165, 1.54) is 24.1 Å². The van der Waals surface area contributed by atoms with E-state index in [4.69, 9.17) is 5.73 Å². The third kappa shape index (κ3) is 3.99. The maximum atomic E-state index is 5.87. The molecule has 0 radical (unpaired) electrons. The van der Waals surface area contributed by atoms with Gasteiger partial charge in [0.15, 0.2) is 0 Å². The second-order valence-corrected chi connectivity index (χ2v) is 5.70. The lowest BCUT2D eigenvalue weighted by molar-refractivity contribution is 0.593. The standard InChI is InChI=1S/C15H25BrN2/c1-4-6-9-18(12(3)5-2)15-10-14(16)8-7-13(15)11-17/h7-8,10,12H,4-6,9,11,17H2,1-3H3. The lowest BCUT2D eigenvalue weighted by Crippen LogP contribution is -2.34. The Labute approximate surface area is 120 Å². The molecule has 0 aliphatic carbocycles. The fourth-order valence-corrected chi connectivity index (χ4v) is 2.45. The topological polar surface area (TPSA) is 29.3 Å². The first-order valence-corrected chi connectivity index (χ1v) is 7.68. The van der Waals surface area contributed by atoms with Gasteiger partial charge in [0.05, 0.1) is 0 Å². The fourth-order valence-electron chi connectivity index (χ4n) is 2.10. The van der Waals surface area contributed by atoms with Crippen molar-refractivity contribution >= 4 is 21.6 Å². The molecule has 0 amide bonds. The van der Waals surface area contributed by atoms with Crippen molar-refractivity contribution in [2.45, 2.75) is 52.6 Å². The Morgan fingerprint density at radius 3 is 2.61 bits per heavy atom. The number of hydrogen-bond acceptors (Lipinski definition) is 2. The van der Waals surface area contributed by atoms with Crippen LogP contribution in [0, 0.1) is 0 Å². The lowest BCUT2D eigenvalue weighted by atomic mass is 10.1. The summed E-state index contributed by atoms with van der Waals surface area (Å²) in [6.07, 6.45) is 3.60. The molecule has 0 aromatic heterocycles. The molecule has 2 nitrogen and oxygen atoms in total. The molecular formula is C15H25BrN2. The summed E-state index contributed by atoms with van der Waals surface area (Å²) in [5.41, 5.74) is 8.38. The van der Waals surface area contributed by atoms with Crippen LogP contribution in [0.25, 0.3) is 0 Å². The molecule has 0 saturated carbocycles. The summed E-state index contributed by atoms with van der Waals surface area (Å²) in [4.78, 5) is 2.50. The van der Waals surface area contributed by atoms with Crippen molar-refractivity contribution in [3.63, 3.8) is 0 Å². The van der Waals surface area contributed by atoms with Crippen molar-refractivity contribution in [3.8, 4) is 0 Å². The largest absolute Gasteiger partial charge is 0.369 e. The van der Waals surface area contributed by atoms with Gasteiger partial charge in [-0.25, -0.2) is 0 Å². The van der Waals surface area contributed by atoms with Crippen molar-refractivity contribution in [3.05, 3.63) is 28.2 Å². The first-order valence-electron chi connectivity index (χ1n) is 6.89. The van der Waals surface area contributed by atoms with Crippen LogP contribution in [-0.2, 0) is 6.54 Å². The molecular weight excluding hydrogens is 288 g/mol. The third-order valence-corrected chi connectivity index (χ3v) is 3.95. The van der Waals surface area contributed by atoms with E-state index in [9.17, 15) is 0 Å². The molecule has 0 bridgehead atoms. The average Bonchev–Trinajstić information content (AvgIpc) is 2.39. The molecule has 0 saturated heterocycles. The Morgan fingerprint density at radius 1 is 1.33 bits per heavy atom. The number of unbranched alkanes of at least 4 members (excludes halogenated alkanes) is 1. The quantitative estimate of drug-likeness (QED) is 0.812. The van der Waals surface area contributed by atoms with Crippen molar-refractivity contribution in [1.82, 2.24) is 0 Å². The molecule has 1 aromatic carbocycles. The monoisotopic (exact) mass is 312 g/mol. The van der Waals surface area contributed by atoms with Gasteiger partial charge in [-0.1, -0.05) is 42.3 Å². The summed E-state index contributed by atoms with van der Waals surface area (Å²) in [6.45, 7) is 8.47. The van der Waals surface area contributed by atoms with Gasteiger partial charge >= 0.3 is 0 Å². The van der Waals surface area contributed by atoms with Crippen LogP contribution in [0.1, 0.15) is 45.6 Å². The van der Waals surface area contributed by atoms with Gasteiger partial charge in [-0.05, 0) is 37.5 Å².